The van der Waals surface area contributed by atoms with E-state index in [2.05, 4.69) is 9.73 Å². The molecular weight excluding hydrogens is 260 g/mol. The number of halogens is 1. The minimum absolute atomic E-state index is 0.00417. The van der Waals surface area contributed by atoms with E-state index in [1.807, 2.05) is 0 Å². The molecule has 0 saturated heterocycles. The van der Waals surface area contributed by atoms with E-state index < -0.39 is 5.97 Å². The molecule has 0 saturated carbocycles. The Morgan fingerprint density at radius 2 is 2.17 bits per heavy atom. The number of phenolic OH excluding ortho intramolecular Hbond substituents is 1. The van der Waals surface area contributed by atoms with Gasteiger partial charge in [-0.3, -0.25) is 0 Å². The fraction of sp³-hybridized carbons (Fsp3) is 0.273. The van der Waals surface area contributed by atoms with Gasteiger partial charge in [-0.05, 0) is 6.07 Å². The van der Waals surface area contributed by atoms with Gasteiger partial charge in [-0.15, -0.1) is 11.6 Å². The van der Waals surface area contributed by atoms with Gasteiger partial charge < -0.3 is 20.3 Å². The summed E-state index contributed by atoms with van der Waals surface area (Å²) in [6.45, 7) is 0. The molecule has 1 aromatic carbocycles. The molecule has 98 valence electrons. The summed E-state index contributed by atoms with van der Waals surface area (Å²) in [5, 5.41) is 9.89. The molecule has 0 aliphatic carbocycles. The number of aliphatic imine (C=N–C) groups is 1. The Labute approximate surface area is 109 Å². The van der Waals surface area contributed by atoms with Crippen LogP contribution in [0.15, 0.2) is 17.1 Å². The summed E-state index contributed by atoms with van der Waals surface area (Å²) in [5.74, 6) is -0.585. The molecule has 18 heavy (non-hydrogen) atoms. The predicted octanol–water partition coefficient (Wildman–Crippen LogP) is 1.41. The zero-order valence-corrected chi connectivity index (χ0v) is 10.7. The number of methoxy groups -OCH3 is 2. The fourth-order valence-electron chi connectivity index (χ4n) is 1.25. The SMILES string of the molecule is COC(=O)c1cc(OC)cc(N=C(N)CCl)c1O. The quantitative estimate of drug-likeness (QED) is 0.374. The van der Waals surface area contributed by atoms with Crippen LogP contribution in [0, 0.1) is 0 Å². The van der Waals surface area contributed by atoms with Crippen LogP contribution in [-0.2, 0) is 4.74 Å². The summed E-state index contributed by atoms with van der Waals surface area (Å²) >= 11 is 5.50. The maximum Gasteiger partial charge on any atom is 0.341 e. The van der Waals surface area contributed by atoms with Gasteiger partial charge in [-0.25, -0.2) is 9.79 Å². The number of phenols is 1. The number of nitrogens with zero attached hydrogens (tertiary/aromatic N) is 1. The summed E-state index contributed by atoms with van der Waals surface area (Å²) in [7, 11) is 2.63. The predicted molar refractivity (Wildman–Crippen MR) is 68.0 cm³/mol. The summed E-state index contributed by atoms with van der Waals surface area (Å²) in [4.78, 5) is 15.4. The molecule has 0 heterocycles. The second kappa shape index (κ2) is 6.11. The average molecular weight is 273 g/mol. The third kappa shape index (κ3) is 3.04. The number of ether oxygens (including phenoxy) is 2. The average Bonchev–Trinajstić information content (AvgIpc) is 2.39. The van der Waals surface area contributed by atoms with Crippen molar-refractivity contribution >= 4 is 29.1 Å². The molecule has 0 atom stereocenters. The van der Waals surface area contributed by atoms with Gasteiger partial charge in [0.05, 0.1) is 20.1 Å². The molecule has 7 heteroatoms. The lowest BCUT2D eigenvalue weighted by atomic mass is 10.1. The maximum atomic E-state index is 11.5. The first-order valence-electron chi connectivity index (χ1n) is 4.91. The Kier molecular flexibility index (Phi) is 4.79. The zero-order chi connectivity index (χ0) is 13.7. The number of amidine groups is 1. The van der Waals surface area contributed by atoms with Crippen LogP contribution in [0.3, 0.4) is 0 Å². The Balaban J connectivity index is 3.38. The Hall–Kier alpha value is -1.95. The second-order valence-corrected chi connectivity index (χ2v) is 3.54. The van der Waals surface area contributed by atoms with Gasteiger partial charge in [0.25, 0.3) is 0 Å². The molecule has 1 rings (SSSR count). The van der Waals surface area contributed by atoms with Crippen LogP contribution in [0.25, 0.3) is 0 Å². The number of carbonyl (C=O) groups excluding carboxylic acids is 1. The second-order valence-electron chi connectivity index (χ2n) is 3.27. The van der Waals surface area contributed by atoms with E-state index in [9.17, 15) is 9.90 Å². The minimum Gasteiger partial charge on any atom is -0.505 e. The van der Waals surface area contributed by atoms with Gasteiger partial charge in [-0.1, -0.05) is 0 Å². The van der Waals surface area contributed by atoms with Gasteiger partial charge in [0.15, 0.2) is 5.75 Å². The lowest BCUT2D eigenvalue weighted by Gasteiger charge is -2.09. The van der Waals surface area contributed by atoms with Gasteiger partial charge in [-0.2, -0.15) is 0 Å². The number of alkyl halides is 1. The number of aromatic hydroxyl groups is 1. The lowest BCUT2D eigenvalue weighted by Crippen LogP contribution is -2.12. The molecule has 0 amide bonds. The smallest absolute Gasteiger partial charge is 0.341 e. The third-order valence-electron chi connectivity index (χ3n) is 2.11. The van der Waals surface area contributed by atoms with Crippen molar-refractivity contribution in [2.24, 2.45) is 10.7 Å². The standard InChI is InChI=1S/C11H13ClN2O4/c1-17-6-3-7(11(16)18-2)10(15)8(4-6)14-9(13)5-12/h3-4,15H,5H2,1-2H3,(H2,13,14). The fourth-order valence-corrected chi connectivity index (χ4v) is 1.31. The molecule has 0 unspecified atom stereocenters. The highest BCUT2D eigenvalue weighted by molar-refractivity contribution is 6.28. The number of esters is 1. The van der Waals surface area contributed by atoms with Crippen LogP contribution < -0.4 is 10.5 Å². The van der Waals surface area contributed by atoms with Crippen LogP contribution in [0.1, 0.15) is 10.4 Å². The van der Waals surface area contributed by atoms with E-state index in [4.69, 9.17) is 22.1 Å². The number of hydrogen-bond acceptors (Lipinski definition) is 5. The van der Waals surface area contributed by atoms with E-state index in [1.54, 1.807) is 0 Å². The van der Waals surface area contributed by atoms with Gasteiger partial charge in [0.2, 0.25) is 0 Å². The maximum absolute atomic E-state index is 11.5. The first-order chi connectivity index (χ1) is 8.53. The Morgan fingerprint density at radius 1 is 1.50 bits per heavy atom. The molecule has 1 aromatic rings. The topological polar surface area (TPSA) is 94.1 Å². The van der Waals surface area contributed by atoms with Crippen LogP contribution in [0.4, 0.5) is 5.69 Å². The van der Waals surface area contributed by atoms with E-state index in [1.165, 1.54) is 26.4 Å². The zero-order valence-electron chi connectivity index (χ0n) is 9.94. The van der Waals surface area contributed by atoms with Gasteiger partial charge >= 0.3 is 5.97 Å². The highest BCUT2D eigenvalue weighted by Crippen LogP contribution is 2.35. The normalized spacial score (nSPS) is 11.2. The van der Waals surface area contributed by atoms with Crippen molar-refractivity contribution in [1.82, 2.24) is 0 Å². The molecule has 0 fully saturated rings. The highest BCUT2D eigenvalue weighted by Gasteiger charge is 2.17. The van der Waals surface area contributed by atoms with Gasteiger partial charge in [0.1, 0.15) is 22.8 Å². The largest absolute Gasteiger partial charge is 0.505 e. The molecular formula is C11H13ClN2O4. The number of benzene rings is 1. The van der Waals surface area contributed by atoms with Crippen molar-refractivity contribution in [3.63, 3.8) is 0 Å². The van der Waals surface area contributed by atoms with E-state index in [0.717, 1.165) is 0 Å². The number of rotatable bonds is 4. The molecule has 0 aromatic heterocycles. The number of nitrogens with two attached hydrogens (primary N) is 1. The van der Waals surface area contributed by atoms with Crippen molar-refractivity contribution in [1.29, 1.82) is 0 Å². The van der Waals surface area contributed by atoms with Crippen molar-refractivity contribution in [2.45, 2.75) is 0 Å². The van der Waals surface area contributed by atoms with Crippen LogP contribution in [-0.4, -0.2) is 37.0 Å². The van der Waals surface area contributed by atoms with Crippen molar-refractivity contribution in [2.75, 3.05) is 20.1 Å². The summed E-state index contributed by atoms with van der Waals surface area (Å²) in [6.07, 6.45) is 0. The highest BCUT2D eigenvalue weighted by atomic mass is 35.5. The Morgan fingerprint density at radius 3 is 2.67 bits per heavy atom. The van der Waals surface area contributed by atoms with Gasteiger partial charge in [0, 0.05) is 6.07 Å². The first kappa shape index (κ1) is 14.1. The molecule has 6 nitrogen and oxygen atoms in total. The summed E-state index contributed by atoms with van der Waals surface area (Å²) in [5.41, 5.74) is 5.51. The van der Waals surface area contributed by atoms with E-state index in [0.29, 0.717) is 5.75 Å². The van der Waals surface area contributed by atoms with Crippen molar-refractivity contribution < 1.29 is 19.4 Å². The first-order valence-corrected chi connectivity index (χ1v) is 5.45. The van der Waals surface area contributed by atoms with Crippen LogP contribution >= 0.6 is 11.6 Å². The third-order valence-corrected chi connectivity index (χ3v) is 2.38. The molecule has 0 spiro atoms. The van der Waals surface area contributed by atoms with Crippen LogP contribution in [0.5, 0.6) is 11.5 Å². The lowest BCUT2D eigenvalue weighted by molar-refractivity contribution is 0.0597. The monoisotopic (exact) mass is 272 g/mol. The van der Waals surface area contributed by atoms with E-state index >= 15 is 0 Å². The summed E-state index contributed by atoms with van der Waals surface area (Å²) < 4.78 is 9.54. The number of hydrogen-bond donors (Lipinski definition) is 2. The van der Waals surface area contributed by atoms with Crippen molar-refractivity contribution in [3.05, 3.63) is 17.7 Å². The molecule has 3 N–H and O–H groups in total. The minimum atomic E-state index is -0.702. The molecule has 0 aliphatic rings. The van der Waals surface area contributed by atoms with Crippen LogP contribution in [0.2, 0.25) is 0 Å². The Bertz CT molecular complexity index is 488. The molecule has 0 bridgehead atoms. The van der Waals surface area contributed by atoms with Crippen molar-refractivity contribution in [3.8, 4) is 11.5 Å². The molecule has 0 radical (unpaired) electrons. The number of carbonyl (C=O) groups is 1. The van der Waals surface area contributed by atoms with E-state index in [-0.39, 0.29) is 28.7 Å². The summed E-state index contributed by atoms with van der Waals surface area (Å²) in [6, 6.07) is 2.78. The molecule has 0 aliphatic heterocycles.